The van der Waals surface area contributed by atoms with E-state index < -0.39 is 0 Å². The molecule has 0 saturated carbocycles. The lowest BCUT2D eigenvalue weighted by Crippen LogP contribution is -2.15. The fourth-order valence-electron chi connectivity index (χ4n) is 2.38. The van der Waals surface area contributed by atoms with E-state index in [-0.39, 0.29) is 12.5 Å². The first-order valence-corrected chi connectivity index (χ1v) is 6.11. The predicted molar refractivity (Wildman–Crippen MR) is 61.7 cm³/mol. The van der Waals surface area contributed by atoms with Crippen molar-refractivity contribution in [2.24, 2.45) is 5.92 Å². The van der Waals surface area contributed by atoms with Gasteiger partial charge in [0.2, 0.25) is 0 Å². The highest BCUT2D eigenvalue weighted by atomic mass is 16.3. The molecule has 1 unspecified atom stereocenters. The smallest absolute Gasteiger partial charge is 0.145 e. The Morgan fingerprint density at radius 3 is 2.73 bits per heavy atom. The van der Waals surface area contributed by atoms with Gasteiger partial charge in [0.15, 0.2) is 0 Å². The van der Waals surface area contributed by atoms with Crippen molar-refractivity contribution in [3.8, 4) is 0 Å². The van der Waals surface area contributed by atoms with Crippen LogP contribution in [0.25, 0.3) is 0 Å². The first-order chi connectivity index (χ1) is 7.33. The largest absolute Gasteiger partial charge is 0.396 e. The lowest BCUT2D eigenvalue weighted by atomic mass is 9.82. The number of carbonyl (C=O) groups excluding carboxylic acids is 1. The third kappa shape index (κ3) is 3.45. The molecule has 0 aliphatic heterocycles. The van der Waals surface area contributed by atoms with Crippen LogP contribution >= 0.6 is 0 Å². The summed E-state index contributed by atoms with van der Waals surface area (Å²) in [6.45, 7) is 2.36. The molecule has 0 radical (unpaired) electrons. The molecular formula is C13H22O2. The standard InChI is InChI=1S/C13H22O2/c1-2-3-6-11(9-14)13-8-5-4-7-12(13)10-15/h10-11,14H,2-9H2,1H3. The highest BCUT2D eigenvalue weighted by Crippen LogP contribution is 2.31. The topological polar surface area (TPSA) is 37.3 Å². The van der Waals surface area contributed by atoms with Gasteiger partial charge in [-0.2, -0.15) is 0 Å². The monoisotopic (exact) mass is 210 g/mol. The molecule has 1 rings (SSSR count). The Morgan fingerprint density at radius 1 is 1.40 bits per heavy atom. The SMILES string of the molecule is CCCCC(CO)C1=C(C=O)CCCC1. The normalized spacial score (nSPS) is 19.1. The van der Waals surface area contributed by atoms with E-state index in [1.807, 2.05) is 0 Å². The Labute approximate surface area is 92.4 Å². The van der Waals surface area contributed by atoms with Crippen LogP contribution in [-0.2, 0) is 4.79 Å². The summed E-state index contributed by atoms with van der Waals surface area (Å²) in [6, 6.07) is 0. The van der Waals surface area contributed by atoms with Crippen molar-refractivity contribution in [2.45, 2.75) is 51.9 Å². The van der Waals surface area contributed by atoms with Gasteiger partial charge < -0.3 is 5.11 Å². The third-order valence-electron chi connectivity index (χ3n) is 3.32. The molecule has 0 amide bonds. The van der Waals surface area contributed by atoms with Gasteiger partial charge in [-0.15, -0.1) is 0 Å². The van der Waals surface area contributed by atoms with E-state index in [4.69, 9.17) is 0 Å². The van der Waals surface area contributed by atoms with Crippen LogP contribution in [0.3, 0.4) is 0 Å². The Bertz CT molecular complexity index is 231. The van der Waals surface area contributed by atoms with E-state index in [9.17, 15) is 9.90 Å². The van der Waals surface area contributed by atoms with E-state index in [1.54, 1.807) is 0 Å². The molecule has 0 aromatic rings. The predicted octanol–water partition coefficient (Wildman–Crippen LogP) is 2.85. The van der Waals surface area contributed by atoms with E-state index in [0.717, 1.165) is 50.4 Å². The second-order valence-corrected chi connectivity index (χ2v) is 4.40. The first kappa shape index (κ1) is 12.4. The number of allylic oxidation sites excluding steroid dienone is 1. The average molecular weight is 210 g/mol. The van der Waals surface area contributed by atoms with Gasteiger partial charge in [0, 0.05) is 12.5 Å². The maximum atomic E-state index is 10.9. The van der Waals surface area contributed by atoms with Gasteiger partial charge in [0.05, 0.1) is 0 Å². The second-order valence-electron chi connectivity index (χ2n) is 4.40. The van der Waals surface area contributed by atoms with E-state index in [0.29, 0.717) is 0 Å². The van der Waals surface area contributed by atoms with Gasteiger partial charge in [-0.1, -0.05) is 25.3 Å². The van der Waals surface area contributed by atoms with E-state index in [1.165, 1.54) is 12.0 Å². The Kier molecular flexibility index (Phi) is 5.62. The lowest BCUT2D eigenvalue weighted by Gasteiger charge is -2.24. The van der Waals surface area contributed by atoms with E-state index in [2.05, 4.69) is 6.92 Å². The summed E-state index contributed by atoms with van der Waals surface area (Å²) in [7, 11) is 0. The number of aldehydes is 1. The summed E-state index contributed by atoms with van der Waals surface area (Å²) in [5, 5.41) is 9.37. The van der Waals surface area contributed by atoms with Crippen LogP contribution in [0.2, 0.25) is 0 Å². The molecule has 1 aliphatic carbocycles. The van der Waals surface area contributed by atoms with Crippen LogP contribution in [0.15, 0.2) is 11.1 Å². The molecule has 2 nitrogen and oxygen atoms in total. The van der Waals surface area contributed by atoms with Crippen molar-refractivity contribution in [3.05, 3.63) is 11.1 Å². The summed E-state index contributed by atoms with van der Waals surface area (Å²) in [5.74, 6) is 0.241. The number of aliphatic hydroxyl groups excluding tert-OH is 1. The minimum Gasteiger partial charge on any atom is -0.396 e. The average Bonchev–Trinajstić information content (AvgIpc) is 2.30. The molecule has 0 saturated heterocycles. The zero-order valence-corrected chi connectivity index (χ0v) is 9.67. The quantitative estimate of drug-likeness (QED) is 0.684. The van der Waals surface area contributed by atoms with Gasteiger partial charge in [0.1, 0.15) is 6.29 Å². The van der Waals surface area contributed by atoms with Crippen LogP contribution in [-0.4, -0.2) is 18.0 Å². The molecule has 0 heterocycles. The van der Waals surface area contributed by atoms with Crippen LogP contribution in [0.1, 0.15) is 51.9 Å². The van der Waals surface area contributed by atoms with Gasteiger partial charge in [0.25, 0.3) is 0 Å². The van der Waals surface area contributed by atoms with Gasteiger partial charge in [-0.3, -0.25) is 4.79 Å². The van der Waals surface area contributed by atoms with Crippen molar-refractivity contribution in [1.29, 1.82) is 0 Å². The summed E-state index contributed by atoms with van der Waals surface area (Å²) in [4.78, 5) is 10.9. The van der Waals surface area contributed by atoms with Crippen LogP contribution < -0.4 is 0 Å². The second kappa shape index (κ2) is 6.78. The van der Waals surface area contributed by atoms with Crippen LogP contribution in [0, 0.1) is 5.92 Å². The summed E-state index contributed by atoms with van der Waals surface area (Å²) >= 11 is 0. The van der Waals surface area contributed by atoms with Crippen LogP contribution in [0.5, 0.6) is 0 Å². The lowest BCUT2D eigenvalue weighted by molar-refractivity contribution is -0.105. The number of rotatable bonds is 6. The van der Waals surface area contributed by atoms with Crippen molar-refractivity contribution in [1.82, 2.24) is 0 Å². The fourth-order valence-corrected chi connectivity index (χ4v) is 2.38. The summed E-state index contributed by atoms with van der Waals surface area (Å²) in [5.41, 5.74) is 2.21. The molecule has 0 bridgehead atoms. The van der Waals surface area contributed by atoms with Crippen molar-refractivity contribution in [3.63, 3.8) is 0 Å². The Balaban J connectivity index is 2.70. The molecule has 0 aromatic heterocycles. The molecule has 1 atom stereocenters. The zero-order valence-electron chi connectivity index (χ0n) is 9.67. The summed E-state index contributed by atoms with van der Waals surface area (Å²) < 4.78 is 0. The van der Waals surface area contributed by atoms with E-state index >= 15 is 0 Å². The minimum atomic E-state index is 0.201. The van der Waals surface area contributed by atoms with Gasteiger partial charge in [-0.05, 0) is 37.7 Å². The highest BCUT2D eigenvalue weighted by Gasteiger charge is 2.19. The number of carbonyl (C=O) groups is 1. The van der Waals surface area contributed by atoms with Crippen molar-refractivity contribution >= 4 is 6.29 Å². The van der Waals surface area contributed by atoms with Crippen molar-refractivity contribution in [2.75, 3.05) is 6.61 Å². The molecule has 1 aliphatic rings. The van der Waals surface area contributed by atoms with Crippen LogP contribution in [0.4, 0.5) is 0 Å². The molecule has 2 heteroatoms. The molecule has 0 fully saturated rings. The van der Waals surface area contributed by atoms with Crippen molar-refractivity contribution < 1.29 is 9.90 Å². The Morgan fingerprint density at radius 2 is 2.13 bits per heavy atom. The molecule has 1 N–H and O–H groups in total. The molecular weight excluding hydrogens is 188 g/mol. The van der Waals surface area contributed by atoms with Gasteiger partial charge in [-0.25, -0.2) is 0 Å². The molecule has 15 heavy (non-hydrogen) atoms. The number of hydrogen-bond acceptors (Lipinski definition) is 2. The van der Waals surface area contributed by atoms with Gasteiger partial charge >= 0.3 is 0 Å². The fraction of sp³-hybridized carbons (Fsp3) is 0.769. The molecule has 0 spiro atoms. The summed E-state index contributed by atoms with van der Waals surface area (Å²) in [6.07, 6.45) is 8.56. The first-order valence-electron chi connectivity index (χ1n) is 6.11. The highest BCUT2D eigenvalue weighted by molar-refractivity contribution is 5.75. The molecule has 86 valence electrons. The number of unbranched alkanes of at least 4 members (excludes halogenated alkanes) is 1. The molecule has 0 aromatic carbocycles. The maximum absolute atomic E-state index is 10.9. The number of aliphatic hydroxyl groups is 1. The minimum absolute atomic E-state index is 0.201. The maximum Gasteiger partial charge on any atom is 0.145 e. The zero-order chi connectivity index (χ0) is 11.1. The Hall–Kier alpha value is -0.630. The number of hydrogen-bond donors (Lipinski definition) is 1. The third-order valence-corrected chi connectivity index (χ3v) is 3.32.